The van der Waals surface area contributed by atoms with Gasteiger partial charge in [0.05, 0.1) is 30.3 Å². The molecule has 0 aliphatic carbocycles. The molecule has 3 N–H and O–H groups in total. The minimum atomic E-state index is -1.28. The van der Waals surface area contributed by atoms with E-state index in [0.29, 0.717) is 16.9 Å². The van der Waals surface area contributed by atoms with Gasteiger partial charge in [-0.2, -0.15) is 0 Å². The maximum atomic E-state index is 13.3. The molecular formula is C33H33N5O5. The molecule has 10 heteroatoms. The standard InChI is InChI=1S/C33H33N5O5/c1-33(2,3)21-16-27-29(43-30(35-27)31(39)40)28(17-21)37-32(41)36-26-11-10-23(24-6-4-5-7-25(24)26)20-8-9-22(34-18-20)19-38-12-14-42-15-13-38/h4-11,16-18H,12-15,19H2,1-3H3,(H,39,40)(H2,36,37,41). The summed E-state index contributed by atoms with van der Waals surface area (Å²) < 4.78 is 10.9. The number of carboxylic acid groups (broad SMARTS) is 1. The van der Waals surface area contributed by atoms with Crippen LogP contribution in [0.25, 0.3) is 33.0 Å². The van der Waals surface area contributed by atoms with Crippen molar-refractivity contribution in [1.82, 2.24) is 14.9 Å². The number of carbonyl (C=O) groups is 2. The molecule has 1 saturated heterocycles. The van der Waals surface area contributed by atoms with Crippen LogP contribution < -0.4 is 10.6 Å². The number of fused-ring (bicyclic) bond motifs is 2. The third-order valence-electron chi connectivity index (χ3n) is 7.58. The highest BCUT2D eigenvalue weighted by molar-refractivity contribution is 6.11. The molecule has 10 nitrogen and oxygen atoms in total. The SMILES string of the molecule is CC(C)(C)c1cc(NC(=O)Nc2ccc(-c3ccc(CN4CCOCC4)nc3)c3ccccc23)c2oc(C(=O)O)nc2c1. The lowest BCUT2D eigenvalue weighted by Crippen LogP contribution is -2.35. The molecular weight excluding hydrogens is 546 g/mol. The Balaban J connectivity index is 1.26. The number of rotatable bonds is 6. The number of morpholine rings is 1. The lowest BCUT2D eigenvalue weighted by atomic mass is 9.86. The molecule has 0 spiro atoms. The molecule has 1 fully saturated rings. The summed E-state index contributed by atoms with van der Waals surface area (Å²) in [6.07, 6.45) is 1.90. The fraction of sp³-hybridized carbons (Fsp3) is 0.273. The molecule has 3 aromatic carbocycles. The van der Waals surface area contributed by atoms with Crippen LogP contribution in [0, 0.1) is 0 Å². The second kappa shape index (κ2) is 11.5. The van der Waals surface area contributed by atoms with Crippen molar-refractivity contribution < 1.29 is 23.8 Å². The lowest BCUT2D eigenvalue weighted by molar-refractivity contribution is 0.0336. The Hall–Kier alpha value is -4.80. The number of urea groups is 1. The van der Waals surface area contributed by atoms with Crippen LogP contribution >= 0.6 is 0 Å². The molecule has 0 saturated carbocycles. The van der Waals surface area contributed by atoms with Crippen LogP contribution in [0.15, 0.2) is 71.3 Å². The van der Waals surface area contributed by atoms with Crippen LogP contribution in [-0.4, -0.2) is 58.3 Å². The van der Waals surface area contributed by atoms with E-state index in [1.165, 1.54) is 0 Å². The highest BCUT2D eigenvalue weighted by atomic mass is 16.5. The molecule has 1 aliphatic heterocycles. The lowest BCUT2D eigenvalue weighted by Gasteiger charge is -2.26. The van der Waals surface area contributed by atoms with Crippen molar-refractivity contribution in [2.75, 3.05) is 36.9 Å². The number of nitrogens with one attached hydrogen (secondary N) is 2. The number of carboxylic acids is 1. The van der Waals surface area contributed by atoms with Gasteiger partial charge in [0.1, 0.15) is 5.52 Å². The molecule has 2 aromatic heterocycles. The van der Waals surface area contributed by atoms with E-state index in [9.17, 15) is 14.7 Å². The van der Waals surface area contributed by atoms with Crippen LogP contribution in [0.4, 0.5) is 16.2 Å². The first-order valence-electron chi connectivity index (χ1n) is 14.2. The van der Waals surface area contributed by atoms with Gasteiger partial charge in [-0.15, -0.1) is 0 Å². The van der Waals surface area contributed by atoms with Crippen LogP contribution in [-0.2, 0) is 16.7 Å². The predicted octanol–water partition coefficient (Wildman–Crippen LogP) is 6.51. The third-order valence-corrected chi connectivity index (χ3v) is 7.58. The number of anilines is 2. The zero-order valence-electron chi connectivity index (χ0n) is 24.3. The highest BCUT2D eigenvalue weighted by Gasteiger charge is 2.22. The minimum absolute atomic E-state index is 0.199. The molecule has 2 amide bonds. The third kappa shape index (κ3) is 6.06. The van der Waals surface area contributed by atoms with E-state index < -0.39 is 17.9 Å². The van der Waals surface area contributed by atoms with E-state index in [4.69, 9.17) is 14.1 Å². The van der Waals surface area contributed by atoms with Crippen molar-refractivity contribution in [1.29, 1.82) is 0 Å². The molecule has 43 heavy (non-hydrogen) atoms. The fourth-order valence-electron chi connectivity index (χ4n) is 5.25. The molecule has 5 aromatic rings. The summed E-state index contributed by atoms with van der Waals surface area (Å²) in [7, 11) is 0. The van der Waals surface area contributed by atoms with Gasteiger partial charge in [0.2, 0.25) is 0 Å². The summed E-state index contributed by atoms with van der Waals surface area (Å²) in [6.45, 7) is 10.2. The Bertz CT molecular complexity index is 1820. The largest absolute Gasteiger partial charge is 0.474 e. The van der Waals surface area contributed by atoms with Gasteiger partial charge in [0.25, 0.3) is 0 Å². The van der Waals surface area contributed by atoms with Crippen molar-refractivity contribution in [3.63, 3.8) is 0 Å². The van der Waals surface area contributed by atoms with Crippen LogP contribution in [0.5, 0.6) is 0 Å². The van der Waals surface area contributed by atoms with E-state index >= 15 is 0 Å². The number of aromatic nitrogens is 2. The van der Waals surface area contributed by atoms with Gasteiger partial charge in [-0.05, 0) is 46.2 Å². The fourth-order valence-corrected chi connectivity index (χ4v) is 5.25. The Morgan fingerprint density at radius 1 is 0.953 bits per heavy atom. The summed E-state index contributed by atoms with van der Waals surface area (Å²) >= 11 is 0. The number of aromatic carboxylic acids is 1. The smallest absolute Gasteiger partial charge is 0.392 e. The number of hydrogen-bond donors (Lipinski definition) is 3. The topological polar surface area (TPSA) is 130 Å². The quantitative estimate of drug-likeness (QED) is 0.207. The van der Waals surface area contributed by atoms with Gasteiger partial charge in [-0.25, -0.2) is 14.6 Å². The summed E-state index contributed by atoms with van der Waals surface area (Å²) in [5, 5.41) is 17.1. The Morgan fingerprint density at radius 3 is 2.40 bits per heavy atom. The molecule has 0 unspecified atom stereocenters. The summed E-state index contributed by atoms with van der Waals surface area (Å²) in [5.41, 5.74) is 5.13. The number of carbonyl (C=O) groups excluding carboxylic acids is 1. The Labute approximate surface area is 248 Å². The first-order chi connectivity index (χ1) is 20.7. The number of nitrogens with zero attached hydrogens (tertiary/aromatic N) is 3. The molecule has 0 atom stereocenters. The van der Waals surface area contributed by atoms with E-state index in [0.717, 1.165) is 66.0 Å². The Morgan fingerprint density at radius 2 is 1.70 bits per heavy atom. The number of amides is 2. The van der Waals surface area contributed by atoms with Gasteiger partial charge >= 0.3 is 17.9 Å². The highest BCUT2D eigenvalue weighted by Crippen LogP contribution is 2.35. The second-order valence-corrected chi connectivity index (χ2v) is 11.7. The maximum absolute atomic E-state index is 13.3. The van der Waals surface area contributed by atoms with Crippen LogP contribution in [0.1, 0.15) is 42.7 Å². The zero-order chi connectivity index (χ0) is 30.1. The van der Waals surface area contributed by atoms with Gasteiger partial charge < -0.3 is 24.9 Å². The van der Waals surface area contributed by atoms with E-state index in [1.807, 2.05) is 63.4 Å². The summed E-state index contributed by atoms with van der Waals surface area (Å²) in [4.78, 5) is 36.0. The number of ether oxygens (including phenoxy) is 1. The normalized spacial score (nSPS) is 14.2. The maximum Gasteiger partial charge on any atom is 0.392 e. The van der Waals surface area contributed by atoms with E-state index in [2.05, 4.69) is 32.7 Å². The van der Waals surface area contributed by atoms with E-state index in [-0.39, 0.29) is 11.0 Å². The molecule has 3 heterocycles. The zero-order valence-corrected chi connectivity index (χ0v) is 24.3. The number of pyridine rings is 1. The first kappa shape index (κ1) is 28.3. The van der Waals surface area contributed by atoms with Crippen molar-refractivity contribution in [2.45, 2.75) is 32.7 Å². The molecule has 6 rings (SSSR count). The summed E-state index contributed by atoms with van der Waals surface area (Å²) in [5.74, 6) is -1.72. The van der Waals surface area contributed by atoms with Crippen molar-refractivity contribution in [2.24, 2.45) is 0 Å². The molecule has 1 aliphatic rings. The average Bonchev–Trinajstić information content (AvgIpc) is 3.43. The average molecular weight is 580 g/mol. The second-order valence-electron chi connectivity index (χ2n) is 11.7. The van der Waals surface area contributed by atoms with Crippen molar-refractivity contribution >= 4 is 45.2 Å². The predicted molar refractivity (Wildman–Crippen MR) is 166 cm³/mol. The van der Waals surface area contributed by atoms with Crippen molar-refractivity contribution in [3.8, 4) is 11.1 Å². The Kier molecular flexibility index (Phi) is 7.55. The number of benzene rings is 3. The molecule has 220 valence electrons. The molecule has 0 bridgehead atoms. The monoisotopic (exact) mass is 579 g/mol. The van der Waals surface area contributed by atoms with E-state index in [1.54, 1.807) is 12.1 Å². The van der Waals surface area contributed by atoms with Crippen LogP contribution in [0.2, 0.25) is 0 Å². The molecule has 0 radical (unpaired) electrons. The van der Waals surface area contributed by atoms with Gasteiger partial charge in [-0.3, -0.25) is 9.88 Å². The van der Waals surface area contributed by atoms with Gasteiger partial charge in [-0.1, -0.05) is 57.2 Å². The van der Waals surface area contributed by atoms with Gasteiger partial charge in [0.15, 0.2) is 5.58 Å². The number of hydrogen-bond acceptors (Lipinski definition) is 7. The number of oxazole rings is 1. The minimum Gasteiger partial charge on any atom is -0.474 e. The van der Waals surface area contributed by atoms with Crippen LogP contribution in [0.3, 0.4) is 0 Å². The van der Waals surface area contributed by atoms with Crippen molar-refractivity contribution in [3.05, 3.63) is 84.0 Å². The van der Waals surface area contributed by atoms with Gasteiger partial charge in [0, 0.05) is 36.8 Å². The first-order valence-corrected chi connectivity index (χ1v) is 14.2. The summed E-state index contributed by atoms with van der Waals surface area (Å²) in [6, 6.07) is 18.9.